The van der Waals surface area contributed by atoms with Crippen molar-refractivity contribution in [3.8, 4) is 0 Å². The Morgan fingerprint density at radius 3 is 2.38 bits per heavy atom. The van der Waals surface area contributed by atoms with Gasteiger partial charge in [0.1, 0.15) is 0 Å². The van der Waals surface area contributed by atoms with Crippen LogP contribution >= 0.6 is 0 Å². The van der Waals surface area contributed by atoms with E-state index < -0.39 is 9.84 Å². The highest BCUT2D eigenvalue weighted by Crippen LogP contribution is 2.20. The molecule has 0 aromatic heterocycles. The van der Waals surface area contributed by atoms with Crippen molar-refractivity contribution in [3.05, 3.63) is 64.7 Å². The maximum absolute atomic E-state index is 11.6. The van der Waals surface area contributed by atoms with Gasteiger partial charge in [-0.1, -0.05) is 30.3 Å². The molecule has 0 saturated carbocycles. The Hall–Kier alpha value is -1.65. The van der Waals surface area contributed by atoms with Crippen LogP contribution in [0.4, 0.5) is 0 Å². The SMILES string of the molecule is Cc1ccc(CC(N)c2cccc(S(C)(=O)=O)c2)cc1C. The van der Waals surface area contributed by atoms with E-state index >= 15 is 0 Å². The first-order chi connectivity index (χ1) is 9.77. The van der Waals surface area contributed by atoms with Crippen LogP contribution in [-0.4, -0.2) is 14.7 Å². The molecule has 2 aromatic carbocycles. The normalized spacial score (nSPS) is 13.1. The van der Waals surface area contributed by atoms with Crippen LogP contribution in [-0.2, 0) is 16.3 Å². The molecule has 21 heavy (non-hydrogen) atoms. The number of hydrogen-bond acceptors (Lipinski definition) is 3. The summed E-state index contributed by atoms with van der Waals surface area (Å²) < 4.78 is 23.2. The highest BCUT2D eigenvalue weighted by Gasteiger charge is 2.12. The Morgan fingerprint density at radius 2 is 1.76 bits per heavy atom. The fourth-order valence-corrected chi connectivity index (χ4v) is 2.95. The molecule has 0 aliphatic rings. The van der Waals surface area contributed by atoms with Crippen LogP contribution in [0.5, 0.6) is 0 Å². The Kier molecular flexibility index (Phi) is 4.49. The topological polar surface area (TPSA) is 60.2 Å². The van der Waals surface area contributed by atoms with E-state index in [1.165, 1.54) is 17.4 Å². The third kappa shape index (κ3) is 3.93. The summed E-state index contributed by atoms with van der Waals surface area (Å²) >= 11 is 0. The third-order valence-corrected chi connectivity index (χ3v) is 4.85. The zero-order chi connectivity index (χ0) is 15.6. The second kappa shape index (κ2) is 6.00. The smallest absolute Gasteiger partial charge is 0.175 e. The summed E-state index contributed by atoms with van der Waals surface area (Å²) in [5, 5.41) is 0. The average Bonchev–Trinajstić information content (AvgIpc) is 2.42. The lowest BCUT2D eigenvalue weighted by Crippen LogP contribution is -2.14. The molecule has 2 N–H and O–H groups in total. The van der Waals surface area contributed by atoms with E-state index in [1.807, 2.05) is 6.07 Å². The molecule has 0 aliphatic carbocycles. The van der Waals surface area contributed by atoms with Crippen LogP contribution in [0, 0.1) is 13.8 Å². The second-order valence-electron chi connectivity index (χ2n) is 5.57. The summed E-state index contributed by atoms with van der Waals surface area (Å²) in [6.07, 6.45) is 1.90. The van der Waals surface area contributed by atoms with E-state index in [1.54, 1.807) is 18.2 Å². The molecule has 2 aromatic rings. The summed E-state index contributed by atoms with van der Waals surface area (Å²) in [4.78, 5) is 0.315. The van der Waals surface area contributed by atoms with Gasteiger partial charge in [0.25, 0.3) is 0 Å². The van der Waals surface area contributed by atoms with Gasteiger partial charge >= 0.3 is 0 Å². The number of aryl methyl sites for hydroxylation is 2. The third-order valence-electron chi connectivity index (χ3n) is 3.74. The molecule has 1 unspecified atom stereocenters. The molecule has 0 fully saturated rings. The Morgan fingerprint density at radius 1 is 1.05 bits per heavy atom. The molecule has 1 atom stereocenters. The van der Waals surface area contributed by atoms with Gasteiger partial charge in [-0.15, -0.1) is 0 Å². The van der Waals surface area contributed by atoms with Crippen molar-refractivity contribution < 1.29 is 8.42 Å². The first-order valence-electron chi connectivity index (χ1n) is 6.89. The number of nitrogens with two attached hydrogens (primary N) is 1. The van der Waals surface area contributed by atoms with Crippen molar-refractivity contribution in [3.63, 3.8) is 0 Å². The summed E-state index contributed by atoms with van der Waals surface area (Å²) in [7, 11) is -3.20. The fraction of sp³-hybridized carbons (Fsp3) is 0.294. The average molecular weight is 303 g/mol. The van der Waals surface area contributed by atoms with E-state index in [-0.39, 0.29) is 6.04 Å². The minimum Gasteiger partial charge on any atom is -0.324 e. The van der Waals surface area contributed by atoms with Gasteiger partial charge in [0.2, 0.25) is 0 Å². The molecule has 0 saturated heterocycles. The molecule has 4 heteroatoms. The van der Waals surface area contributed by atoms with Crippen molar-refractivity contribution in [2.24, 2.45) is 5.73 Å². The molecular formula is C17H21NO2S. The molecular weight excluding hydrogens is 282 g/mol. The lowest BCUT2D eigenvalue weighted by atomic mass is 9.97. The molecule has 0 bridgehead atoms. The zero-order valence-electron chi connectivity index (χ0n) is 12.6. The van der Waals surface area contributed by atoms with E-state index in [9.17, 15) is 8.42 Å². The van der Waals surface area contributed by atoms with Crippen LogP contribution in [0.25, 0.3) is 0 Å². The van der Waals surface area contributed by atoms with Crippen LogP contribution in [0.2, 0.25) is 0 Å². The number of hydrogen-bond donors (Lipinski definition) is 1. The summed E-state index contributed by atoms with van der Waals surface area (Å²) in [6, 6.07) is 13.0. The summed E-state index contributed by atoms with van der Waals surface area (Å²) in [5.41, 5.74) is 10.7. The predicted molar refractivity (Wildman–Crippen MR) is 86.1 cm³/mol. The molecule has 0 aliphatic heterocycles. The number of sulfone groups is 1. The molecule has 3 nitrogen and oxygen atoms in total. The molecule has 112 valence electrons. The zero-order valence-corrected chi connectivity index (χ0v) is 13.4. The van der Waals surface area contributed by atoms with Gasteiger partial charge in [-0.05, 0) is 54.7 Å². The minimum atomic E-state index is -3.20. The molecule has 0 heterocycles. The quantitative estimate of drug-likeness (QED) is 0.944. The largest absolute Gasteiger partial charge is 0.324 e. The molecule has 0 amide bonds. The van der Waals surface area contributed by atoms with Gasteiger partial charge in [-0.3, -0.25) is 0 Å². The summed E-state index contributed by atoms with van der Waals surface area (Å²) in [6.45, 7) is 4.16. The first kappa shape index (κ1) is 15.7. The van der Waals surface area contributed by atoms with Crippen LogP contribution < -0.4 is 5.73 Å². The predicted octanol–water partition coefficient (Wildman–Crippen LogP) is 2.95. The van der Waals surface area contributed by atoms with Crippen LogP contribution in [0.15, 0.2) is 47.4 Å². The highest BCUT2D eigenvalue weighted by atomic mass is 32.2. The maximum atomic E-state index is 11.6. The lowest BCUT2D eigenvalue weighted by molar-refractivity contribution is 0.601. The summed E-state index contributed by atoms with van der Waals surface area (Å²) in [5.74, 6) is 0. The van der Waals surface area contributed by atoms with Gasteiger partial charge in [-0.2, -0.15) is 0 Å². The van der Waals surface area contributed by atoms with Gasteiger partial charge < -0.3 is 5.73 Å². The van der Waals surface area contributed by atoms with E-state index in [2.05, 4.69) is 32.0 Å². The number of benzene rings is 2. The molecule has 2 rings (SSSR count). The molecule has 0 radical (unpaired) electrons. The monoisotopic (exact) mass is 303 g/mol. The van der Waals surface area contributed by atoms with Crippen molar-refractivity contribution in [2.75, 3.05) is 6.26 Å². The van der Waals surface area contributed by atoms with Gasteiger partial charge in [0, 0.05) is 12.3 Å². The Bertz CT molecular complexity index is 751. The van der Waals surface area contributed by atoms with E-state index in [4.69, 9.17) is 5.73 Å². The van der Waals surface area contributed by atoms with Crippen molar-refractivity contribution >= 4 is 9.84 Å². The van der Waals surface area contributed by atoms with Gasteiger partial charge in [0.05, 0.1) is 4.90 Å². The highest BCUT2D eigenvalue weighted by molar-refractivity contribution is 7.90. The van der Waals surface area contributed by atoms with E-state index in [0.717, 1.165) is 11.1 Å². The second-order valence-corrected chi connectivity index (χ2v) is 7.59. The standard InChI is InChI=1S/C17H21NO2S/c1-12-7-8-14(9-13(12)2)10-17(18)15-5-4-6-16(11-15)21(3,19)20/h4-9,11,17H,10,18H2,1-3H3. The lowest BCUT2D eigenvalue weighted by Gasteiger charge is -2.14. The van der Waals surface area contributed by atoms with Crippen LogP contribution in [0.1, 0.15) is 28.3 Å². The fourth-order valence-electron chi connectivity index (χ4n) is 2.28. The molecule has 0 spiro atoms. The Labute approximate surface area is 126 Å². The van der Waals surface area contributed by atoms with Crippen molar-refractivity contribution in [2.45, 2.75) is 31.2 Å². The first-order valence-corrected chi connectivity index (χ1v) is 8.78. The maximum Gasteiger partial charge on any atom is 0.175 e. The minimum absolute atomic E-state index is 0.214. The van der Waals surface area contributed by atoms with Crippen molar-refractivity contribution in [1.82, 2.24) is 0 Å². The van der Waals surface area contributed by atoms with E-state index in [0.29, 0.717) is 11.3 Å². The number of rotatable bonds is 4. The van der Waals surface area contributed by atoms with Gasteiger partial charge in [0.15, 0.2) is 9.84 Å². The Balaban J connectivity index is 2.24. The van der Waals surface area contributed by atoms with Gasteiger partial charge in [-0.25, -0.2) is 8.42 Å². The van der Waals surface area contributed by atoms with Crippen LogP contribution in [0.3, 0.4) is 0 Å². The van der Waals surface area contributed by atoms with Crippen molar-refractivity contribution in [1.29, 1.82) is 0 Å².